The van der Waals surface area contributed by atoms with Crippen molar-refractivity contribution in [2.24, 2.45) is 5.10 Å². The molecule has 0 aliphatic rings. The molecule has 1 amide bonds. The third-order valence-electron chi connectivity index (χ3n) is 4.34. The molecule has 3 rings (SSSR count). The fourth-order valence-electron chi connectivity index (χ4n) is 2.72. The summed E-state index contributed by atoms with van der Waals surface area (Å²) >= 11 is 3.42. The molecule has 5 nitrogen and oxygen atoms in total. The predicted molar refractivity (Wildman–Crippen MR) is 118 cm³/mol. The number of halogens is 4. The third-order valence-corrected chi connectivity index (χ3v) is 5.03. The van der Waals surface area contributed by atoms with E-state index in [1.807, 2.05) is 30.3 Å². The second-order valence-electron chi connectivity index (χ2n) is 6.58. The van der Waals surface area contributed by atoms with Crippen LogP contribution in [0.2, 0.25) is 0 Å². The topological polar surface area (TPSA) is 59.9 Å². The number of alkyl halides is 3. The molecule has 0 aliphatic heterocycles. The van der Waals surface area contributed by atoms with E-state index >= 15 is 0 Å². The maximum Gasteiger partial charge on any atom is 0.416 e. The average Bonchev–Trinajstić information content (AvgIpc) is 2.79. The van der Waals surface area contributed by atoms with E-state index in [-0.39, 0.29) is 5.56 Å². The zero-order chi connectivity index (χ0) is 23.1. The van der Waals surface area contributed by atoms with Crippen LogP contribution < -0.4 is 14.9 Å². The molecule has 0 saturated carbocycles. The van der Waals surface area contributed by atoms with Crippen molar-refractivity contribution in [3.63, 3.8) is 0 Å². The SMILES string of the molecule is COc1cc(/C=N\NC(=O)c2cccc(C(F)(F)F)c2)c(Br)cc1OCc1ccccc1. The van der Waals surface area contributed by atoms with E-state index in [4.69, 9.17) is 9.47 Å². The summed E-state index contributed by atoms with van der Waals surface area (Å²) in [6, 6.07) is 17.1. The Hall–Kier alpha value is -3.33. The van der Waals surface area contributed by atoms with Crippen molar-refractivity contribution in [3.8, 4) is 11.5 Å². The number of hydrogen-bond donors (Lipinski definition) is 1. The molecule has 32 heavy (non-hydrogen) atoms. The summed E-state index contributed by atoms with van der Waals surface area (Å²) in [4.78, 5) is 12.1. The molecule has 1 N–H and O–H groups in total. The van der Waals surface area contributed by atoms with Crippen molar-refractivity contribution in [1.29, 1.82) is 0 Å². The zero-order valence-electron chi connectivity index (χ0n) is 16.8. The Morgan fingerprint density at radius 2 is 1.81 bits per heavy atom. The van der Waals surface area contributed by atoms with Crippen LogP contribution >= 0.6 is 15.9 Å². The lowest BCUT2D eigenvalue weighted by molar-refractivity contribution is -0.137. The number of nitrogens with zero attached hydrogens (tertiary/aromatic N) is 1. The van der Waals surface area contributed by atoms with E-state index in [0.29, 0.717) is 28.1 Å². The quantitative estimate of drug-likeness (QED) is 0.324. The van der Waals surface area contributed by atoms with Crippen LogP contribution in [0.1, 0.15) is 27.0 Å². The van der Waals surface area contributed by atoms with Gasteiger partial charge in [0.05, 0.1) is 18.9 Å². The highest BCUT2D eigenvalue weighted by atomic mass is 79.9. The fourth-order valence-corrected chi connectivity index (χ4v) is 3.14. The number of rotatable bonds is 7. The van der Waals surface area contributed by atoms with Crippen LogP contribution in [-0.4, -0.2) is 19.2 Å². The fraction of sp³-hybridized carbons (Fsp3) is 0.130. The monoisotopic (exact) mass is 506 g/mol. The average molecular weight is 507 g/mol. The van der Waals surface area contributed by atoms with Gasteiger partial charge in [-0.25, -0.2) is 5.43 Å². The molecule has 0 aliphatic carbocycles. The molecule has 9 heteroatoms. The smallest absolute Gasteiger partial charge is 0.416 e. The zero-order valence-corrected chi connectivity index (χ0v) is 18.4. The molecule has 0 fully saturated rings. The van der Waals surface area contributed by atoms with Crippen LogP contribution in [0, 0.1) is 0 Å². The van der Waals surface area contributed by atoms with Crippen molar-refractivity contribution in [2.75, 3.05) is 7.11 Å². The van der Waals surface area contributed by atoms with Crippen molar-refractivity contribution < 1.29 is 27.4 Å². The number of benzene rings is 3. The first-order valence-electron chi connectivity index (χ1n) is 9.33. The van der Waals surface area contributed by atoms with Gasteiger partial charge in [0, 0.05) is 15.6 Å². The van der Waals surface area contributed by atoms with Gasteiger partial charge < -0.3 is 9.47 Å². The lowest BCUT2D eigenvalue weighted by atomic mass is 10.1. The molecule has 3 aromatic carbocycles. The van der Waals surface area contributed by atoms with E-state index in [2.05, 4.69) is 26.5 Å². The minimum atomic E-state index is -4.54. The number of hydrazone groups is 1. The van der Waals surface area contributed by atoms with Gasteiger partial charge in [0.15, 0.2) is 11.5 Å². The number of ether oxygens (including phenoxy) is 2. The number of amides is 1. The van der Waals surface area contributed by atoms with Crippen molar-refractivity contribution >= 4 is 28.1 Å². The summed E-state index contributed by atoms with van der Waals surface area (Å²) in [5.41, 5.74) is 2.72. The van der Waals surface area contributed by atoms with E-state index in [0.717, 1.165) is 23.8 Å². The minimum absolute atomic E-state index is 0.154. The molecule has 0 aromatic heterocycles. The number of carbonyl (C=O) groups excluding carboxylic acids is 1. The second-order valence-corrected chi connectivity index (χ2v) is 7.43. The Labute approximate surface area is 191 Å². The van der Waals surface area contributed by atoms with Crippen molar-refractivity contribution in [2.45, 2.75) is 12.8 Å². The van der Waals surface area contributed by atoms with Crippen LogP contribution in [0.15, 0.2) is 76.3 Å². The normalized spacial score (nSPS) is 11.4. The summed E-state index contributed by atoms with van der Waals surface area (Å²) < 4.78 is 50.3. The maximum atomic E-state index is 12.8. The first-order chi connectivity index (χ1) is 15.3. The summed E-state index contributed by atoms with van der Waals surface area (Å²) in [7, 11) is 1.49. The Bertz CT molecular complexity index is 1120. The molecule has 0 atom stereocenters. The summed E-state index contributed by atoms with van der Waals surface area (Å²) in [5.74, 6) is 0.196. The van der Waals surface area contributed by atoms with E-state index in [9.17, 15) is 18.0 Å². The van der Waals surface area contributed by atoms with Gasteiger partial charge in [-0.15, -0.1) is 0 Å². The molecule has 166 valence electrons. The van der Waals surface area contributed by atoms with Gasteiger partial charge in [0.25, 0.3) is 5.91 Å². The molecule has 0 heterocycles. The second kappa shape index (κ2) is 10.3. The molecule has 0 radical (unpaired) electrons. The number of nitrogens with one attached hydrogen (secondary N) is 1. The van der Waals surface area contributed by atoms with Gasteiger partial charge in [-0.2, -0.15) is 18.3 Å². The maximum absolute atomic E-state index is 12.8. The van der Waals surface area contributed by atoms with Crippen LogP contribution in [0.25, 0.3) is 0 Å². The highest BCUT2D eigenvalue weighted by Gasteiger charge is 2.30. The molecular formula is C23H18BrF3N2O3. The van der Waals surface area contributed by atoms with Gasteiger partial charge >= 0.3 is 6.18 Å². The molecule has 3 aromatic rings. The highest BCUT2D eigenvalue weighted by molar-refractivity contribution is 9.10. The summed E-state index contributed by atoms with van der Waals surface area (Å²) in [6.45, 7) is 0.351. The van der Waals surface area contributed by atoms with E-state index in [1.165, 1.54) is 19.4 Å². The Morgan fingerprint density at radius 3 is 2.50 bits per heavy atom. The molecular weight excluding hydrogens is 489 g/mol. The molecule has 0 saturated heterocycles. The predicted octanol–water partition coefficient (Wildman–Crippen LogP) is 5.82. The highest BCUT2D eigenvalue weighted by Crippen LogP contribution is 2.33. The van der Waals surface area contributed by atoms with E-state index < -0.39 is 17.6 Å². The van der Waals surface area contributed by atoms with Gasteiger partial charge in [0.1, 0.15) is 6.61 Å². The summed E-state index contributed by atoms with van der Waals surface area (Å²) in [6.07, 6.45) is -3.19. The van der Waals surface area contributed by atoms with Crippen molar-refractivity contribution in [1.82, 2.24) is 5.43 Å². The van der Waals surface area contributed by atoms with Crippen LogP contribution in [0.4, 0.5) is 13.2 Å². The summed E-state index contributed by atoms with van der Waals surface area (Å²) in [5, 5.41) is 3.84. The van der Waals surface area contributed by atoms with E-state index in [1.54, 1.807) is 12.1 Å². The third kappa shape index (κ3) is 6.10. The largest absolute Gasteiger partial charge is 0.493 e. The first kappa shape index (κ1) is 23.3. The van der Waals surface area contributed by atoms with Crippen LogP contribution in [0.3, 0.4) is 0 Å². The minimum Gasteiger partial charge on any atom is -0.493 e. The Balaban J connectivity index is 1.69. The lowest BCUT2D eigenvalue weighted by Crippen LogP contribution is -2.18. The first-order valence-corrected chi connectivity index (χ1v) is 10.1. The Kier molecular flexibility index (Phi) is 7.53. The van der Waals surface area contributed by atoms with Gasteiger partial charge in [0.2, 0.25) is 0 Å². The lowest BCUT2D eigenvalue weighted by Gasteiger charge is -2.12. The Morgan fingerprint density at radius 1 is 1.06 bits per heavy atom. The van der Waals surface area contributed by atoms with Crippen molar-refractivity contribution in [3.05, 3.63) is 93.5 Å². The van der Waals surface area contributed by atoms with Gasteiger partial charge in [-0.1, -0.05) is 36.4 Å². The molecule has 0 spiro atoms. The number of carbonyl (C=O) groups is 1. The van der Waals surface area contributed by atoms with Crippen LogP contribution in [0.5, 0.6) is 11.5 Å². The number of hydrogen-bond acceptors (Lipinski definition) is 4. The van der Waals surface area contributed by atoms with Crippen LogP contribution in [-0.2, 0) is 12.8 Å². The molecule has 0 bridgehead atoms. The standard InChI is InChI=1S/C23H18BrF3N2O3/c1-31-20-11-17(19(24)12-21(20)32-14-15-6-3-2-4-7-15)13-28-29-22(30)16-8-5-9-18(10-16)23(25,26)27/h2-13H,14H2,1H3,(H,29,30)/b28-13-. The van der Waals surface area contributed by atoms with Gasteiger partial charge in [-0.3, -0.25) is 4.79 Å². The molecule has 0 unspecified atom stereocenters. The van der Waals surface area contributed by atoms with Gasteiger partial charge in [-0.05, 0) is 51.8 Å². The number of methoxy groups -OCH3 is 1.